The van der Waals surface area contributed by atoms with Crippen molar-refractivity contribution in [1.82, 2.24) is 0 Å². The van der Waals surface area contributed by atoms with Crippen LogP contribution in [0.3, 0.4) is 0 Å². The van der Waals surface area contributed by atoms with E-state index < -0.39 is 0 Å². The van der Waals surface area contributed by atoms with Gasteiger partial charge in [-0.15, -0.1) is 0 Å². The van der Waals surface area contributed by atoms with Crippen molar-refractivity contribution in [1.29, 1.82) is 0 Å². The first-order chi connectivity index (χ1) is 12.0. The summed E-state index contributed by atoms with van der Waals surface area (Å²) in [4.78, 5) is 7.79. The van der Waals surface area contributed by atoms with Gasteiger partial charge in [-0.1, -0.05) is 52.0 Å². The highest BCUT2D eigenvalue weighted by Gasteiger charge is 2.59. The van der Waals surface area contributed by atoms with E-state index in [1.807, 2.05) is 0 Å². The zero-order chi connectivity index (χ0) is 19.1. The van der Waals surface area contributed by atoms with Gasteiger partial charge >= 0.3 is 0 Å². The summed E-state index contributed by atoms with van der Waals surface area (Å²) in [5, 5.41) is 0. The number of likely N-dealkylation sites (N-methyl/N-ethyl adjacent to an activating group) is 1. The molecular formula is C24H30N2. The summed E-state index contributed by atoms with van der Waals surface area (Å²) < 4.78 is 0. The number of nitrogens with zero attached hydrogens (tertiary/aromatic N) is 2. The Kier molecular flexibility index (Phi) is 3.33. The van der Waals surface area contributed by atoms with Crippen LogP contribution in [0.5, 0.6) is 0 Å². The first-order valence-corrected chi connectivity index (χ1v) is 9.57. The number of rotatable bonds is 0. The molecule has 2 heteroatoms. The van der Waals surface area contributed by atoms with E-state index in [0.717, 1.165) is 5.69 Å². The van der Waals surface area contributed by atoms with Gasteiger partial charge in [0.2, 0.25) is 0 Å². The Bertz CT molecular complexity index is 949. The lowest BCUT2D eigenvalue weighted by molar-refractivity contribution is 0.316. The highest BCUT2D eigenvalue weighted by atomic mass is 15.2. The van der Waals surface area contributed by atoms with Crippen LogP contribution in [0.4, 0.5) is 11.4 Å². The molecule has 0 N–H and O–H groups in total. The standard InChI is InChI=1S/C24H30N2/c1-15-13-19-20(14-16(15)2)26(8)24(7)21(25-19)22(3,4)17-11-9-10-12-18(17)23(24,5)6/h9-14H,1-8H3. The molecule has 0 radical (unpaired) electrons. The number of aliphatic imine (C=N–C) groups is 1. The Morgan fingerprint density at radius 3 is 2.08 bits per heavy atom. The van der Waals surface area contributed by atoms with Gasteiger partial charge in [-0.25, -0.2) is 0 Å². The lowest BCUT2D eigenvalue weighted by Gasteiger charge is -2.61. The molecular weight excluding hydrogens is 316 g/mol. The minimum Gasteiger partial charge on any atom is -0.361 e. The Balaban J connectivity index is 2.11. The van der Waals surface area contributed by atoms with E-state index in [2.05, 4.69) is 96.8 Å². The van der Waals surface area contributed by atoms with Gasteiger partial charge in [0, 0.05) is 17.9 Å². The van der Waals surface area contributed by atoms with Crippen LogP contribution in [0.25, 0.3) is 0 Å². The molecule has 1 heterocycles. The minimum absolute atomic E-state index is 0.0524. The van der Waals surface area contributed by atoms with Crippen LogP contribution in [-0.2, 0) is 10.8 Å². The fourth-order valence-corrected chi connectivity index (χ4v) is 5.20. The molecule has 136 valence electrons. The summed E-state index contributed by atoms with van der Waals surface area (Å²) in [6, 6.07) is 13.5. The second-order valence-corrected chi connectivity index (χ2v) is 9.31. The predicted octanol–water partition coefficient (Wildman–Crippen LogP) is 5.85. The van der Waals surface area contributed by atoms with E-state index >= 15 is 0 Å². The van der Waals surface area contributed by atoms with Gasteiger partial charge in [-0.3, -0.25) is 4.99 Å². The first kappa shape index (κ1) is 17.3. The Morgan fingerprint density at radius 2 is 1.42 bits per heavy atom. The number of aryl methyl sites for hydroxylation is 2. The van der Waals surface area contributed by atoms with E-state index in [1.165, 1.54) is 33.7 Å². The summed E-state index contributed by atoms with van der Waals surface area (Å²) in [6.45, 7) is 16.2. The highest BCUT2D eigenvalue weighted by Crippen LogP contribution is 2.56. The molecule has 2 aromatic rings. The van der Waals surface area contributed by atoms with Crippen LogP contribution in [0, 0.1) is 13.8 Å². The SMILES string of the molecule is Cc1cc2c(cc1C)N(C)C1(C)C(=N2)C(C)(C)c2ccccc2C1(C)C. The summed E-state index contributed by atoms with van der Waals surface area (Å²) in [5.74, 6) is 0. The average Bonchev–Trinajstić information content (AvgIpc) is 2.58. The maximum absolute atomic E-state index is 5.31. The molecule has 0 bridgehead atoms. The Hall–Kier alpha value is -2.09. The van der Waals surface area contributed by atoms with Crippen LogP contribution in [0.1, 0.15) is 56.9 Å². The molecule has 0 saturated carbocycles. The van der Waals surface area contributed by atoms with Crippen LogP contribution in [0.15, 0.2) is 41.4 Å². The quantitative estimate of drug-likeness (QED) is 0.584. The lowest BCUT2D eigenvalue weighted by atomic mass is 9.52. The van der Waals surface area contributed by atoms with Crippen LogP contribution in [-0.4, -0.2) is 18.3 Å². The smallest absolute Gasteiger partial charge is 0.0866 e. The molecule has 0 spiro atoms. The van der Waals surface area contributed by atoms with Crippen molar-refractivity contribution in [2.24, 2.45) is 4.99 Å². The fourth-order valence-electron chi connectivity index (χ4n) is 5.20. The third-order valence-corrected chi connectivity index (χ3v) is 7.40. The number of hydrogen-bond donors (Lipinski definition) is 0. The van der Waals surface area contributed by atoms with E-state index in [4.69, 9.17) is 4.99 Å². The molecule has 26 heavy (non-hydrogen) atoms. The molecule has 2 nitrogen and oxygen atoms in total. The van der Waals surface area contributed by atoms with Gasteiger partial charge in [0.1, 0.15) is 0 Å². The number of benzene rings is 2. The summed E-state index contributed by atoms with van der Waals surface area (Å²) >= 11 is 0. The largest absolute Gasteiger partial charge is 0.361 e. The number of hydrogen-bond acceptors (Lipinski definition) is 2. The van der Waals surface area contributed by atoms with Gasteiger partial charge in [0.05, 0.1) is 22.6 Å². The third-order valence-electron chi connectivity index (χ3n) is 7.40. The maximum Gasteiger partial charge on any atom is 0.0866 e. The zero-order valence-electron chi connectivity index (χ0n) is 17.4. The molecule has 1 atom stereocenters. The van der Waals surface area contributed by atoms with Gasteiger partial charge in [-0.05, 0) is 55.2 Å². The second kappa shape index (κ2) is 5.00. The van der Waals surface area contributed by atoms with Crippen molar-refractivity contribution in [2.75, 3.05) is 11.9 Å². The van der Waals surface area contributed by atoms with Gasteiger partial charge in [0.15, 0.2) is 0 Å². The third kappa shape index (κ3) is 1.85. The predicted molar refractivity (Wildman–Crippen MR) is 112 cm³/mol. The van der Waals surface area contributed by atoms with Gasteiger partial charge in [-0.2, -0.15) is 0 Å². The minimum atomic E-state index is -0.181. The van der Waals surface area contributed by atoms with Crippen LogP contribution in [0.2, 0.25) is 0 Å². The topological polar surface area (TPSA) is 15.6 Å². The Morgan fingerprint density at radius 1 is 0.846 bits per heavy atom. The number of fused-ring (bicyclic) bond motifs is 3. The molecule has 1 aliphatic heterocycles. The molecule has 4 rings (SSSR count). The van der Waals surface area contributed by atoms with Crippen LogP contribution >= 0.6 is 0 Å². The van der Waals surface area contributed by atoms with Crippen molar-refractivity contribution >= 4 is 17.1 Å². The van der Waals surface area contributed by atoms with E-state index in [1.54, 1.807) is 0 Å². The molecule has 0 aromatic heterocycles. The monoisotopic (exact) mass is 346 g/mol. The fraction of sp³-hybridized carbons (Fsp3) is 0.458. The highest BCUT2D eigenvalue weighted by molar-refractivity contribution is 6.11. The van der Waals surface area contributed by atoms with Crippen molar-refractivity contribution in [3.63, 3.8) is 0 Å². The van der Waals surface area contributed by atoms with Gasteiger partial charge in [0.25, 0.3) is 0 Å². The zero-order valence-corrected chi connectivity index (χ0v) is 17.4. The van der Waals surface area contributed by atoms with Crippen molar-refractivity contribution in [2.45, 2.75) is 64.8 Å². The van der Waals surface area contributed by atoms with Crippen molar-refractivity contribution < 1.29 is 0 Å². The first-order valence-electron chi connectivity index (χ1n) is 9.57. The van der Waals surface area contributed by atoms with Crippen molar-refractivity contribution in [3.8, 4) is 0 Å². The summed E-state index contributed by atoms with van der Waals surface area (Å²) in [5.41, 5.74) is 8.74. The molecule has 0 fully saturated rings. The maximum atomic E-state index is 5.31. The molecule has 2 aromatic carbocycles. The molecule has 0 saturated heterocycles. The van der Waals surface area contributed by atoms with Gasteiger partial charge < -0.3 is 4.90 Å². The normalized spacial score (nSPS) is 25.1. The second-order valence-electron chi connectivity index (χ2n) is 9.31. The van der Waals surface area contributed by atoms with E-state index in [0.29, 0.717) is 0 Å². The van der Waals surface area contributed by atoms with E-state index in [9.17, 15) is 0 Å². The van der Waals surface area contributed by atoms with Crippen molar-refractivity contribution in [3.05, 3.63) is 58.7 Å². The Labute approximate surface area is 158 Å². The van der Waals surface area contributed by atoms with E-state index in [-0.39, 0.29) is 16.4 Å². The average molecular weight is 347 g/mol. The molecule has 0 amide bonds. The molecule has 1 aliphatic carbocycles. The summed E-state index contributed by atoms with van der Waals surface area (Å²) in [6.07, 6.45) is 0. The van der Waals surface area contributed by atoms with Crippen LogP contribution < -0.4 is 4.90 Å². The lowest BCUT2D eigenvalue weighted by Crippen LogP contribution is -2.70. The summed E-state index contributed by atoms with van der Waals surface area (Å²) in [7, 11) is 2.24. The molecule has 2 aliphatic rings. The number of anilines is 1. The molecule has 1 unspecified atom stereocenters.